The molecule has 0 aromatic carbocycles. The fourth-order valence-electron chi connectivity index (χ4n) is 2.81. The second-order valence-electron chi connectivity index (χ2n) is 11.9. The fraction of sp³-hybridized carbons (Fsp3) is 0.760. The van der Waals surface area contributed by atoms with Crippen molar-refractivity contribution in [1.29, 1.82) is 0 Å². The Labute approximate surface area is 250 Å². The van der Waals surface area contributed by atoms with Crippen molar-refractivity contribution in [1.82, 2.24) is 45.0 Å². The van der Waals surface area contributed by atoms with Crippen molar-refractivity contribution in [3.05, 3.63) is 35.7 Å². The molecule has 0 aliphatic carbocycles. The summed E-state index contributed by atoms with van der Waals surface area (Å²) >= 11 is 0. The number of rotatable bonds is 17. The average Bonchev–Trinajstić information content (AvgIpc) is 3.70. The molecule has 3 aromatic rings. The molecule has 0 atom stereocenters. The van der Waals surface area contributed by atoms with Crippen LogP contribution in [0.25, 0.3) is 0 Å². The van der Waals surface area contributed by atoms with Crippen LogP contribution in [0, 0.1) is 0 Å². The summed E-state index contributed by atoms with van der Waals surface area (Å²) in [7, 11) is -2.03. The van der Waals surface area contributed by atoms with Crippen molar-refractivity contribution in [3.8, 4) is 0 Å². The lowest BCUT2D eigenvalue weighted by molar-refractivity contribution is 0.0679. The molecule has 3 heterocycles. The van der Waals surface area contributed by atoms with E-state index in [-0.39, 0.29) is 19.8 Å². The van der Waals surface area contributed by atoms with Crippen molar-refractivity contribution in [2.24, 2.45) is 0 Å². The molecule has 0 amide bonds. The molecule has 3 aromatic heterocycles. The van der Waals surface area contributed by atoms with Gasteiger partial charge in [-0.1, -0.05) is 56.6 Å². The van der Waals surface area contributed by atoms with Gasteiger partial charge in [-0.3, -0.25) is 0 Å². The van der Waals surface area contributed by atoms with Gasteiger partial charge in [-0.2, -0.15) is 15.0 Å². The third kappa shape index (κ3) is 18.2. The quantitative estimate of drug-likeness (QED) is 0.147. The molecule has 15 nitrogen and oxygen atoms in total. The first-order valence-electron chi connectivity index (χ1n) is 14.1. The van der Waals surface area contributed by atoms with Crippen LogP contribution in [0.5, 0.6) is 0 Å². The molecular weight excluding hydrogens is 579 g/mol. The molecule has 0 aliphatic heterocycles. The van der Waals surface area contributed by atoms with Gasteiger partial charge in [-0.05, 0) is 18.5 Å². The van der Waals surface area contributed by atoms with Crippen LogP contribution < -0.4 is 0 Å². The number of nitrogens with zero attached hydrogens (tertiary/aromatic N) is 9. The summed E-state index contributed by atoms with van der Waals surface area (Å²) in [6, 6.07) is 2.28. The van der Waals surface area contributed by atoms with E-state index in [0.29, 0.717) is 43.9 Å². The highest BCUT2D eigenvalue weighted by molar-refractivity contribution is 6.76. The molecule has 0 fully saturated rings. The lowest BCUT2D eigenvalue weighted by Crippen LogP contribution is -2.22. The summed E-state index contributed by atoms with van der Waals surface area (Å²) in [6.07, 6.45) is 5.74. The summed E-state index contributed by atoms with van der Waals surface area (Å²) in [5, 5.41) is 49.3. The summed E-state index contributed by atoms with van der Waals surface area (Å²) in [5.41, 5.74) is 1.82. The summed E-state index contributed by atoms with van der Waals surface area (Å²) in [5.74, 6) is 0. The molecule has 0 spiro atoms. The zero-order valence-electron chi connectivity index (χ0n) is 26.3. The Hall–Kier alpha value is -2.39. The van der Waals surface area contributed by atoms with Gasteiger partial charge in [0.2, 0.25) is 0 Å². The summed E-state index contributed by atoms with van der Waals surface area (Å²) < 4.78 is 19.3. The Bertz CT molecular complexity index is 1080. The zero-order chi connectivity index (χ0) is 31.4. The molecule has 0 saturated heterocycles. The van der Waals surface area contributed by atoms with E-state index in [1.165, 1.54) is 4.80 Å². The topological polar surface area (TPSA) is 181 Å². The smallest absolute Gasteiger partial charge is 0.158 e. The molecule has 17 heteroatoms. The predicted octanol–water partition coefficient (Wildman–Crippen LogP) is 2.32. The van der Waals surface area contributed by atoms with E-state index in [0.717, 1.165) is 31.7 Å². The van der Waals surface area contributed by atoms with E-state index in [1.54, 1.807) is 28.0 Å². The maximum Gasteiger partial charge on any atom is 0.158 e. The number of ether oxygens (including phenoxy) is 3. The van der Waals surface area contributed by atoms with E-state index in [1.807, 2.05) is 6.92 Å². The second kappa shape index (κ2) is 20.5. The van der Waals surface area contributed by atoms with E-state index in [4.69, 9.17) is 29.5 Å². The number of aliphatic hydroxyl groups is 3. The minimum Gasteiger partial charge on any atom is -0.390 e. The molecule has 0 bridgehead atoms. The van der Waals surface area contributed by atoms with Gasteiger partial charge in [0, 0.05) is 36.0 Å². The Morgan fingerprint density at radius 3 is 1.88 bits per heavy atom. The van der Waals surface area contributed by atoms with Gasteiger partial charge >= 0.3 is 0 Å². The third-order valence-electron chi connectivity index (χ3n) is 5.34. The first-order valence-corrected chi connectivity index (χ1v) is 21.5. The molecule has 0 radical (unpaired) electrons. The van der Waals surface area contributed by atoms with Crippen LogP contribution >= 0.6 is 0 Å². The molecule has 0 unspecified atom stereocenters. The van der Waals surface area contributed by atoms with Crippen molar-refractivity contribution in [3.63, 3.8) is 0 Å². The highest BCUT2D eigenvalue weighted by Crippen LogP contribution is 2.08. The van der Waals surface area contributed by atoms with Gasteiger partial charge in [-0.15, -0.1) is 10.2 Å². The number of aliphatic hydroxyl groups excluding tert-OH is 3. The maximum absolute atomic E-state index is 8.94. The Morgan fingerprint density at radius 2 is 1.36 bits per heavy atom. The minimum absolute atomic E-state index is 0.0512. The monoisotopic (exact) mass is 629 g/mol. The van der Waals surface area contributed by atoms with E-state index >= 15 is 0 Å². The van der Waals surface area contributed by atoms with Gasteiger partial charge in [-0.25, -0.2) is 9.36 Å². The SMILES string of the molecule is CCCOCn1cc(CO)nn1.C[Si](C)(C)CCOCn1ncc(CO)n1.C[Si](C)(C)CCOCn1nncc1CO. The molecule has 3 N–H and O–H groups in total. The highest BCUT2D eigenvalue weighted by atomic mass is 28.3. The summed E-state index contributed by atoms with van der Waals surface area (Å²) in [4.78, 5) is 1.45. The van der Waals surface area contributed by atoms with E-state index in [2.05, 4.69) is 70.1 Å². The van der Waals surface area contributed by atoms with Gasteiger partial charge in [0.25, 0.3) is 0 Å². The van der Waals surface area contributed by atoms with Crippen molar-refractivity contribution >= 4 is 16.1 Å². The zero-order valence-corrected chi connectivity index (χ0v) is 28.3. The van der Waals surface area contributed by atoms with Gasteiger partial charge in [0.1, 0.15) is 24.8 Å². The molecule has 3 rings (SSSR count). The Balaban J connectivity index is 0.000000317. The second-order valence-corrected chi connectivity index (χ2v) is 23.1. The van der Waals surface area contributed by atoms with Gasteiger partial charge in [0.05, 0.1) is 44.1 Å². The van der Waals surface area contributed by atoms with Gasteiger partial charge in [0.15, 0.2) is 6.73 Å². The van der Waals surface area contributed by atoms with Crippen molar-refractivity contribution < 1.29 is 29.5 Å². The summed E-state index contributed by atoms with van der Waals surface area (Å²) in [6.45, 7) is 19.1. The largest absolute Gasteiger partial charge is 0.390 e. The number of hydrogen-bond acceptors (Lipinski definition) is 12. The van der Waals surface area contributed by atoms with Crippen LogP contribution in [-0.4, -0.2) is 96.3 Å². The first-order chi connectivity index (χ1) is 19.9. The highest BCUT2D eigenvalue weighted by Gasteiger charge is 2.13. The first kappa shape index (κ1) is 37.6. The van der Waals surface area contributed by atoms with Crippen LogP contribution in [-0.2, 0) is 54.2 Å². The van der Waals surface area contributed by atoms with E-state index in [9.17, 15) is 0 Å². The van der Waals surface area contributed by atoms with Crippen molar-refractivity contribution in [2.45, 2.75) is 105 Å². The van der Waals surface area contributed by atoms with Crippen LogP contribution in [0.3, 0.4) is 0 Å². The Kier molecular flexibility index (Phi) is 18.4. The number of aromatic nitrogens is 9. The van der Waals surface area contributed by atoms with Crippen molar-refractivity contribution in [2.75, 3.05) is 19.8 Å². The normalized spacial score (nSPS) is 11.6. The van der Waals surface area contributed by atoms with Crippen LogP contribution in [0.4, 0.5) is 0 Å². The average molecular weight is 630 g/mol. The minimum atomic E-state index is -1.02. The lowest BCUT2D eigenvalue weighted by Gasteiger charge is -2.15. The standard InChI is InChI=1S/2C9H19N3O2Si.C7H13N3O2/c1-15(2,3)5-4-14-8-12-9(7-13)6-10-11-12;1-15(2,3)5-4-14-8-12-10-6-9(7-13)11-12;1-2-3-12-6-10-4-7(5-11)8-9-10/h2*6,13H,4-5,7-8H2,1-3H3;4,11H,2-3,5-6H2,1H3. The molecule has 42 heavy (non-hydrogen) atoms. The molecular formula is C25H51N9O6Si2. The lowest BCUT2D eigenvalue weighted by atomic mass is 10.5. The third-order valence-corrected chi connectivity index (χ3v) is 8.75. The number of hydrogen-bond donors (Lipinski definition) is 3. The molecule has 0 saturated carbocycles. The van der Waals surface area contributed by atoms with Crippen LogP contribution in [0.2, 0.25) is 51.4 Å². The van der Waals surface area contributed by atoms with E-state index < -0.39 is 16.1 Å². The fourth-order valence-corrected chi connectivity index (χ4v) is 4.32. The molecule has 0 aliphatic rings. The maximum atomic E-state index is 8.94. The molecule has 240 valence electrons. The Morgan fingerprint density at radius 1 is 0.738 bits per heavy atom. The van der Waals surface area contributed by atoms with Gasteiger partial charge < -0.3 is 29.5 Å². The van der Waals surface area contributed by atoms with Crippen LogP contribution in [0.1, 0.15) is 30.4 Å². The van der Waals surface area contributed by atoms with Crippen LogP contribution in [0.15, 0.2) is 18.6 Å². The predicted molar refractivity (Wildman–Crippen MR) is 162 cm³/mol.